The summed E-state index contributed by atoms with van der Waals surface area (Å²) in [6.45, 7) is 0. The van der Waals surface area contributed by atoms with E-state index in [1.807, 2.05) is 0 Å². The second kappa shape index (κ2) is 14.5. The summed E-state index contributed by atoms with van der Waals surface area (Å²) in [5, 5.41) is 15.6. The quantitative estimate of drug-likeness (QED) is 0.119. The Kier molecular flexibility index (Phi) is 8.34. The molecule has 0 amide bonds. The molecule has 0 saturated heterocycles. The standard InChI is InChI=1S/C62H38Se/c1-2-17-41(18-3-1)58-50-25-10-12-27-52(50)61(53-28-13-11-26-51(53)58)55-31-15-30-54-56-38-43(36-37-57(56)63-62(54)55)60-48-23-8-6-21-46(48)59(47-22-7-9-24-49(47)60)42-34-32-40(33-35-42)45-29-14-19-39-16-4-5-20-44(39)45/h1-38H. The van der Waals surface area contributed by atoms with E-state index >= 15 is 0 Å². The van der Waals surface area contributed by atoms with Crippen LogP contribution in [-0.4, -0.2) is 14.5 Å². The van der Waals surface area contributed by atoms with Gasteiger partial charge in [0, 0.05) is 0 Å². The number of fused-ring (bicyclic) bond motifs is 8. The molecule has 0 fully saturated rings. The van der Waals surface area contributed by atoms with E-state index in [-0.39, 0.29) is 14.5 Å². The molecule has 0 aliphatic rings. The molecule has 1 aromatic heterocycles. The average molecular weight is 862 g/mol. The molecule has 0 unspecified atom stereocenters. The van der Waals surface area contributed by atoms with Crippen LogP contribution in [0.4, 0.5) is 0 Å². The Balaban J connectivity index is 0.996. The third kappa shape index (κ3) is 5.68. The van der Waals surface area contributed by atoms with Crippen molar-refractivity contribution in [1.82, 2.24) is 0 Å². The monoisotopic (exact) mass is 862 g/mol. The van der Waals surface area contributed by atoms with E-state index < -0.39 is 0 Å². The van der Waals surface area contributed by atoms with Gasteiger partial charge >= 0.3 is 315 Å². The number of hydrogen-bond donors (Lipinski definition) is 0. The fourth-order valence-electron chi connectivity index (χ4n) is 10.5. The van der Waals surface area contributed by atoms with Crippen LogP contribution in [0.3, 0.4) is 0 Å². The number of benzene rings is 12. The number of hydrogen-bond acceptors (Lipinski definition) is 0. The van der Waals surface area contributed by atoms with E-state index in [1.54, 1.807) is 0 Å². The van der Waals surface area contributed by atoms with Crippen molar-refractivity contribution in [2.24, 2.45) is 0 Å². The van der Waals surface area contributed by atoms with Gasteiger partial charge < -0.3 is 0 Å². The van der Waals surface area contributed by atoms with Crippen molar-refractivity contribution in [3.05, 3.63) is 231 Å². The van der Waals surface area contributed by atoms with Crippen LogP contribution in [-0.2, 0) is 0 Å². The van der Waals surface area contributed by atoms with Gasteiger partial charge in [-0.1, -0.05) is 42.5 Å². The van der Waals surface area contributed by atoms with Crippen molar-refractivity contribution in [3.63, 3.8) is 0 Å². The molecule has 13 aromatic rings. The van der Waals surface area contributed by atoms with E-state index in [1.165, 1.54) is 129 Å². The molecular weight excluding hydrogens is 824 g/mol. The van der Waals surface area contributed by atoms with E-state index in [0.717, 1.165) is 0 Å². The molecule has 1 heterocycles. The molecule has 0 N–H and O–H groups in total. The summed E-state index contributed by atoms with van der Waals surface area (Å²) in [7, 11) is 0. The zero-order chi connectivity index (χ0) is 41.4. The molecule has 0 bridgehead atoms. The second-order valence-electron chi connectivity index (χ2n) is 16.6. The summed E-state index contributed by atoms with van der Waals surface area (Å²) >= 11 is 0.145. The van der Waals surface area contributed by atoms with E-state index in [9.17, 15) is 0 Å². The minimum atomic E-state index is 0.145. The Morgan fingerprint density at radius 2 is 0.619 bits per heavy atom. The molecule has 13 rings (SSSR count). The van der Waals surface area contributed by atoms with Crippen molar-refractivity contribution in [2.75, 3.05) is 0 Å². The molecule has 0 spiro atoms. The normalized spacial score (nSPS) is 11.8. The Morgan fingerprint density at radius 3 is 1.21 bits per heavy atom. The predicted octanol–water partition coefficient (Wildman–Crippen LogP) is 17.2. The molecule has 63 heavy (non-hydrogen) atoms. The first-order valence-electron chi connectivity index (χ1n) is 21.8. The molecular formula is C62H38Se. The summed E-state index contributed by atoms with van der Waals surface area (Å²) < 4.78 is 2.91. The van der Waals surface area contributed by atoms with Crippen molar-refractivity contribution >= 4 is 87.7 Å². The van der Waals surface area contributed by atoms with Gasteiger partial charge in [-0.05, 0) is 16.3 Å². The Bertz CT molecular complexity index is 3830. The fraction of sp³-hybridized carbons (Fsp3) is 0. The first-order valence-corrected chi connectivity index (χ1v) is 23.5. The summed E-state index contributed by atoms with van der Waals surface area (Å²) in [5.41, 5.74) is 12.8. The van der Waals surface area contributed by atoms with E-state index in [0.29, 0.717) is 0 Å². The summed E-state index contributed by atoms with van der Waals surface area (Å²) in [5.74, 6) is 0. The van der Waals surface area contributed by atoms with Gasteiger partial charge in [-0.15, -0.1) is 0 Å². The van der Waals surface area contributed by atoms with E-state index in [2.05, 4.69) is 231 Å². The minimum absolute atomic E-state index is 0.145. The molecule has 0 atom stereocenters. The predicted molar refractivity (Wildman–Crippen MR) is 273 cm³/mol. The van der Waals surface area contributed by atoms with Crippen molar-refractivity contribution in [1.29, 1.82) is 0 Å². The van der Waals surface area contributed by atoms with Gasteiger partial charge in [-0.3, -0.25) is 0 Å². The zero-order valence-electron chi connectivity index (χ0n) is 34.3. The van der Waals surface area contributed by atoms with Gasteiger partial charge in [0.1, 0.15) is 0 Å². The van der Waals surface area contributed by atoms with Crippen LogP contribution in [0.15, 0.2) is 231 Å². The summed E-state index contributed by atoms with van der Waals surface area (Å²) in [6, 6.07) is 85.8. The maximum absolute atomic E-state index is 2.49. The maximum atomic E-state index is 2.49. The van der Waals surface area contributed by atoms with Gasteiger partial charge in [0.05, 0.1) is 0 Å². The molecule has 0 aliphatic carbocycles. The molecule has 12 aromatic carbocycles. The molecule has 0 nitrogen and oxygen atoms in total. The van der Waals surface area contributed by atoms with Crippen molar-refractivity contribution in [2.45, 2.75) is 0 Å². The Labute approximate surface area is 371 Å². The van der Waals surface area contributed by atoms with Crippen LogP contribution < -0.4 is 0 Å². The fourth-order valence-corrected chi connectivity index (χ4v) is 13.1. The topological polar surface area (TPSA) is 0 Å². The van der Waals surface area contributed by atoms with Crippen molar-refractivity contribution < 1.29 is 0 Å². The molecule has 1 heteroatoms. The van der Waals surface area contributed by atoms with Gasteiger partial charge in [-0.25, -0.2) is 0 Å². The van der Waals surface area contributed by atoms with Crippen LogP contribution in [0.25, 0.3) is 129 Å². The zero-order valence-corrected chi connectivity index (χ0v) is 36.1. The van der Waals surface area contributed by atoms with Gasteiger partial charge in [0.15, 0.2) is 0 Å². The third-order valence-electron chi connectivity index (χ3n) is 13.3. The van der Waals surface area contributed by atoms with Gasteiger partial charge in [0.2, 0.25) is 0 Å². The van der Waals surface area contributed by atoms with Gasteiger partial charge in [-0.2, -0.15) is 0 Å². The SMILES string of the molecule is c1ccc(-c2c3ccccc3c(-c3cccc4c3[se]c3ccc(-c5c6ccccc6c(-c6ccc(-c7cccc8ccccc78)cc6)c6ccccc56)cc34)c3ccccc23)cc1. The Hall–Kier alpha value is -7.54. The molecule has 0 saturated carbocycles. The van der Waals surface area contributed by atoms with Crippen LogP contribution in [0.5, 0.6) is 0 Å². The van der Waals surface area contributed by atoms with Crippen LogP contribution in [0.2, 0.25) is 0 Å². The third-order valence-corrected chi connectivity index (χ3v) is 15.8. The van der Waals surface area contributed by atoms with E-state index in [4.69, 9.17) is 0 Å². The molecule has 0 aliphatic heterocycles. The number of rotatable bonds is 5. The summed E-state index contributed by atoms with van der Waals surface area (Å²) in [6.07, 6.45) is 0. The van der Waals surface area contributed by atoms with Crippen LogP contribution >= 0.6 is 0 Å². The summed E-state index contributed by atoms with van der Waals surface area (Å²) in [4.78, 5) is 0. The van der Waals surface area contributed by atoms with Gasteiger partial charge in [0.25, 0.3) is 0 Å². The van der Waals surface area contributed by atoms with Crippen molar-refractivity contribution in [3.8, 4) is 55.6 Å². The van der Waals surface area contributed by atoms with Crippen LogP contribution in [0.1, 0.15) is 0 Å². The first-order chi connectivity index (χ1) is 31.3. The molecule has 292 valence electrons. The average Bonchev–Trinajstić information content (AvgIpc) is 3.73. The first kappa shape index (κ1) is 36.1. The molecule has 0 radical (unpaired) electrons. The second-order valence-corrected chi connectivity index (χ2v) is 18.9. The Morgan fingerprint density at radius 1 is 0.222 bits per heavy atom. The van der Waals surface area contributed by atoms with Crippen LogP contribution in [0, 0.1) is 0 Å².